The van der Waals surface area contributed by atoms with E-state index >= 15 is 0 Å². The number of aromatic amines is 1. The fourth-order valence-corrected chi connectivity index (χ4v) is 1.57. The van der Waals surface area contributed by atoms with Crippen molar-refractivity contribution in [1.29, 1.82) is 0 Å². The van der Waals surface area contributed by atoms with E-state index in [4.69, 9.17) is 0 Å². The van der Waals surface area contributed by atoms with Crippen LogP contribution in [-0.4, -0.2) is 16.1 Å². The average Bonchev–Trinajstić information content (AvgIpc) is 2.41. The van der Waals surface area contributed by atoms with Crippen LogP contribution in [0.4, 0.5) is 0 Å². The first-order valence-electron chi connectivity index (χ1n) is 5.57. The lowest BCUT2D eigenvalue weighted by molar-refractivity contribution is -0.122. The molecule has 0 atom stereocenters. The normalized spacial score (nSPS) is 11.6. The van der Waals surface area contributed by atoms with E-state index in [1.54, 1.807) is 0 Å². The predicted molar refractivity (Wildman–Crippen MR) is 64.0 cm³/mol. The average molecular weight is 223 g/mol. The van der Waals surface area contributed by atoms with Crippen molar-refractivity contribution in [3.05, 3.63) is 17.0 Å². The van der Waals surface area contributed by atoms with E-state index in [-0.39, 0.29) is 11.3 Å². The Labute approximate surface area is 96.8 Å². The van der Waals surface area contributed by atoms with Crippen molar-refractivity contribution in [2.45, 2.75) is 47.6 Å². The number of nitrogens with one attached hydrogen (secondary N) is 2. The highest BCUT2D eigenvalue weighted by atomic mass is 16.1. The van der Waals surface area contributed by atoms with E-state index in [9.17, 15) is 4.79 Å². The highest BCUT2D eigenvalue weighted by Gasteiger charge is 2.16. The van der Waals surface area contributed by atoms with Crippen molar-refractivity contribution in [1.82, 2.24) is 15.5 Å². The number of rotatable bonds is 3. The van der Waals surface area contributed by atoms with Crippen LogP contribution < -0.4 is 5.32 Å². The van der Waals surface area contributed by atoms with Crippen LogP contribution in [0.15, 0.2) is 0 Å². The zero-order valence-corrected chi connectivity index (χ0v) is 10.8. The van der Waals surface area contributed by atoms with Crippen molar-refractivity contribution in [2.75, 3.05) is 0 Å². The molecule has 0 radical (unpaired) electrons. The van der Waals surface area contributed by atoms with Crippen LogP contribution in [0.3, 0.4) is 0 Å². The minimum absolute atomic E-state index is 0.0323. The molecular formula is C12H21N3O. The summed E-state index contributed by atoms with van der Waals surface area (Å²) in [7, 11) is 0. The van der Waals surface area contributed by atoms with Gasteiger partial charge in [-0.05, 0) is 19.3 Å². The molecule has 4 nitrogen and oxygen atoms in total. The Hall–Kier alpha value is -1.32. The molecule has 0 saturated heterocycles. The molecule has 1 aromatic heterocycles. The summed E-state index contributed by atoms with van der Waals surface area (Å²) >= 11 is 0. The van der Waals surface area contributed by atoms with Crippen molar-refractivity contribution < 1.29 is 4.79 Å². The Morgan fingerprint density at radius 2 is 2.00 bits per heavy atom. The molecule has 4 heteroatoms. The molecule has 1 heterocycles. The standard InChI is InChI=1S/C12H21N3O/c1-8-10(9(2)15-14-8)7-13-11(16)6-12(3,4)5/h6-7H2,1-5H3,(H,13,16)(H,14,15). The minimum atomic E-state index is 0.0323. The van der Waals surface area contributed by atoms with Gasteiger partial charge in [0, 0.05) is 24.2 Å². The zero-order valence-electron chi connectivity index (χ0n) is 10.8. The number of hydrogen-bond acceptors (Lipinski definition) is 2. The molecule has 0 spiro atoms. The summed E-state index contributed by atoms with van der Waals surface area (Å²) in [6, 6.07) is 0. The van der Waals surface area contributed by atoms with E-state index in [1.165, 1.54) is 0 Å². The molecule has 2 N–H and O–H groups in total. The van der Waals surface area contributed by atoms with E-state index in [0.29, 0.717) is 13.0 Å². The number of H-pyrrole nitrogens is 1. The van der Waals surface area contributed by atoms with Gasteiger partial charge >= 0.3 is 0 Å². The van der Waals surface area contributed by atoms with Gasteiger partial charge in [-0.1, -0.05) is 20.8 Å². The summed E-state index contributed by atoms with van der Waals surface area (Å²) in [5.74, 6) is 0.0903. The number of carbonyl (C=O) groups excluding carboxylic acids is 1. The summed E-state index contributed by atoms with van der Waals surface area (Å²) in [4.78, 5) is 11.6. The quantitative estimate of drug-likeness (QED) is 0.824. The van der Waals surface area contributed by atoms with Gasteiger partial charge in [0.2, 0.25) is 5.91 Å². The van der Waals surface area contributed by atoms with Crippen LogP contribution >= 0.6 is 0 Å². The topological polar surface area (TPSA) is 57.8 Å². The number of hydrogen-bond donors (Lipinski definition) is 2. The maximum absolute atomic E-state index is 11.6. The molecule has 0 saturated carbocycles. The minimum Gasteiger partial charge on any atom is -0.352 e. The molecule has 0 bridgehead atoms. The molecule has 1 amide bonds. The first-order valence-corrected chi connectivity index (χ1v) is 5.57. The lowest BCUT2D eigenvalue weighted by atomic mass is 9.92. The number of nitrogens with zero attached hydrogens (tertiary/aromatic N) is 1. The van der Waals surface area contributed by atoms with Crippen molar-refractivity contribution in [3.8, 4) is 0 Å². The largest absolute Gasteiger partial charge is 0.352 e. The Morgan fingerprint density at radius 1 is 1.38 bits per heavy atom. The first kappa shape index (κ1) is 12.7. The fraction of sp³-hybridized carbons (Fsp3) is 0.667. The molecule has 16 heavy (non-hydrogen) atoms. The Bertz CT molecular complexity index is 355. The second-order valence-corrected chi connectivity index (χ2v) is 5.43. The second kappa shape index (κ2) is 4.68. The van der Waals surface area contributed by atoms with Crippen LogP contribution in [0, 0.1) is 19.3 Å². The van der Waals surface area contributed by atoms with Gasteiger partial charge in [0.15, 0.2) is 0 Å². The summed E-state index contributed by atoms with van der Waals surface area (Å²) < 4.78 is 0. The number of aryl methyl sites for hydroxylation is 2. The molecule has 90 valence electrons. The fourth-order valence-electron chi connectivity index (χ4n) is 1.57. The molecule has 1 aromatic rings. The smallest absolute Gasteiger partial charge is 0.220 e. The van der Waals surface area contributed by atoms with Crippen LogP contribution in [0.25, 0.3) is 0 Å². The number of amides is 1. The summed E-state index contributed by atoms with van der Waals surface area (Å²) in [5, 5.41) is 9.92. The van der Waals surface area contributed by atoms with Crippen LogP contribution in [0.1, 0.15) is 44.1 Å². The third-order valence-electron chi connectivity index (χ3n) is 2.43. The van der Waals surface area contributed by atoms with Crippen molar-refractivity contribution >= 4 is 5.91 Å². The van der Waals surface area contributed by atoms with Gasteiger partial charge in [-0.25, -0.2) is 0 Å². The molecule has 0 aliphatic heterocycles. The third kappa shape index (κ3) is 3.68. The van der Waals surface area contributed by atoms with E-state index < -0.39 is 0 Å². The lowest BCUT2D eigenvalue weighted by Gasteiger charge is -2.17. The molecular weight excluding hydrogens is 202 g/mol. The Balaban J connectivity index is 2.50. The molecule has 1 rings (SSSR count). The van der Waals surface area contributed by atoms with Crippen LogP contribution in [0.5, 0.6) is 0 Å². The SMILES string of the molecule is Cc1n[nH]c(C)c1CNC(=O)CC(C)(C)C. The van der Waals surface area contributed by atoms with Gasteiger partial charge in [0.1, 0.15) is 0 Å². The monoisotopic (exact) mass is 223 g/mol. The highest BCUT2D eigenvalue weighted by Crippen LogP contribution is 2.18. The van der Waals surface area contributed by atoms with E-state index in [1.807, 2.05) is 13.8 Å². The molecule has 0 aliphatic rings. The van der Waals surface area contributed by atoms with E-state index in [2.05, 4.69) is 36.3 Å². The maximum atomic E-state index is 11.6. The lowest BCUT2D eigenvalue weighted by Crippen LogP contribution is -2.27. The third-order valence-corrected chi connectivity index (χ3v) is 2.43. The summed E-state index contributed by atoms with van der Waals surface area (Å²) in [6.07, 6.45) is 0.545. The second-order valence-electron chi connectivity index (χ2n) is 5.43. The number of aromatic nitrogens is 2. The van der Waals surface area contributed by atoms with Gasteiger partial charge in [0.05, 0.1) is 5.69 Å². The Kier molecular flexibility index (Phi) is 3.73. The first-order chi connectivity index (χ1) is 7.29. The molecule has 0 aliphatic carbocycles. The van der Waals surface area contributed by atoms with Crippen LogP contribution in [0.2, 0.25) is 0 Å². The van der Waals surface area contributed by atoms with Gasteiger partial charge in [-0.2, -0.15) is 5.10 Å². The summed E-state index contributed by atoms with van der Waals surface area (Å²) in [5.41, 5.74) is 3.09. The Morgan fingerprint density at radius 3 is 2.44 bits per heavy atom. The maximum Gasteiger partial charge on any atom is 0.220 e. The van der Waals surface area contributed by atoms with E-state index in [0.717, 1.165) is 17.0 Å². The predicted octanol–water partition coefficient (Wildman–Crippen LogP) is 2.08. The zero-order chi connectivity index (χ0) is 12.3. The number of carbonyl (C=O) groups is 1. The molecule has 0 fully saturated rings. The molecule has 0 unspecified atom stereocenters. The van der Waals surface area contributed by atoms with Crippen LogP contribution in [-0.2, 0) is 11.3 Å². The van der Waals surface area contributed by atoms with Crippen molar-refractivity contribution in [3.63, 3.8) is 0 Å². The van der Waals surface area contributed by atoms with Gasteiger partial charge < -0.3 is 5.32 Å². The molecule has 0 aromatic carbocycles. The summed E-state index contributed by atoms with van der Waals surface area (Å²) in [6.45, 7) is 10.6. The van der Waals surface area contributed by atoms with Gasteiger partial charge in [0.25, 0.3) is 0 Å². The van der Waals surface area contributed by atoms with Gasteiger partial charge in [-0.15, -0.1) is 0 Å². The van der Waals surface area contributed by atoms with Gasteiger partial charge in [-0.3, -0.25) is 9.89 Å². The highest BCUT2D eigenvalue weighted by molar-refractivity contribution is 5.76. The van der Waals surface area contributed by atoms with Crippen molar-refractivity contribution in [2.24, 2.45) is 5.41 Å².